The van der Waals surface area contributed by atoms with Crippen LogP contribution in [0.1, 0.15) is 29.5 Å². The molecule has 1 heterocycles. The Bertz CT molecular complexity index is 628. The number of aliphatic hydroxyl groups is 1. The summed E-state index contributed by atoms with van der Waals surface area (Å²) in [6.07, 6.45) is 5.98. The fourth-order valence-corrected chi connectivity index (χ4v) is 2.54. The molecule has 3 nitrogen and oxygen atoms in total. The molecule has 0 amide bonds. The Morgan fingerprint density at radius 2 is 1.95 bits per heavy atom. The summed E-state index contributed by atoms with van der Waals surface area (Å²) in [6, 6.07) is 7.28. The van der Waals surface area contributed by atoms with Gasteiger partial charge in [0.15, 0.2) is 5.82 Å². The van der Waals surface area contributed by atoms with Crippen molar-refractivity contribution in [3.05, 3.63) is 53.0 Å². The number of pyridine rings is 1. The largest absolute Gasteiger partial charge is 0.436 e. The molecule has 0 radical (unpaired) electrons. The van der Waals surface area contributed by atoms with Gasteiger partial charge in [-0.05, 0) is 55.0 Å². The summed E-state index contributed by atoms with van der Waals surface area (Å²) in [5, 5.41) is 9.04. The van der Waals surface area contributed by atoms with Crippen LogP contribution in [0.15, 0.2) is 30.5 Å². The van der Waals surface area contributed by atoms with E-state index in [0.29, 0.717) is 5.75 Å². The maximum Gasteiger partial charge on any atom is 0.256 e. The van der Waals surface area contributed by atoms with Crippen molar-refractivity contribution in [1.82, 2.24) is 4.98 Å². The van der Waals surface area contributed by atoms with Gasteiger partial charge in [-0.15, -0.1) is 0 Å². The van der Waals surface area contributed by atoms with Crippen molar-refractivity contribution in [2.45, 2.75) is 32.3 Å². The minimum absolute atomic E-state index is 0.0905. The van der Waals surface area contributed by atoms with Gasteiger partial charge in [0.25, 0.3) is 5.88 Å². The highest BCUT2D eigenvalue weighted by atomic mass is 19.1. The lowest BCUT2D eigenvalue weighted by molar-refractivity contribution is 0.273. The molecular weight excluding hydrogens is 257 g/mol. The van der Waals surface area contributed by atoms with Crippen LogP contribution in [-0.4, -0.2) is 10.1 Å². The number of fused-ring (bicyclic) bond motifs is 1. The molecule has 0 aliphatic heterocycles. The van der Waals surface area contributed by atoms with E-state index in [0.717, 1.165) is 12.8 Å². The highest BCUT2D eigenvalue weighted by Crippen LogP contribution is 2.29. The molecule has 1 aliphatic rings. The standard InChI is InChI=1S/C16H16FNO2/c17-15-13(10-19)7-8-18-16(15)20-14-6-5-11-3-1-2-4-12(11)9-14/h5-9,19H,1-4,10H2. The number of aliphatic hydroxyl groups excluding tert-OH is 1. The quantitative estimate of drug-likeness (QED) is 0.932. The lowest BCUT2D eigenvalue weighted by Gasteiger charge is -2.16. The maximum atomic E-state index is 14.0. The van der Waals surface area contributed by atoms with Crippen LogP contribution in [0, 0.1) is 5.82 Å². The first-order valence-electron chi connectivity index (χ1n) is 6.82. The van der Waals surface area contributed by atoms with Crippen molar-refractivity contribution >= 4 is 0 Å². The minimum Gasteiger partial charge on any atom is -0.436 e. The van der Waals surface area contributed by atoms with Crippen LogP contribution in [0.4, 0.5) is 4.39 Å². The van der Waals surface area contributed by atoms with Crippen molar-refractivity contribution in [2.75, 3.05) is 0 Å². The van der Waals surface area contributed by atoms with Crippen molar-refractivity contribution in [3.63, 3.8) is 0 Å². The zero-order valence-corrected chi connectivity index (χ0v) is 11.1. The lowest BCUT2D eigenvalue weighted by atomic mass is 9.92. The summed E-state index contributed by atoms with van der Waals surface area (Å²) < 4.78 is 19.5. The Balaban J connectivity index is 1.88. The monoisotopic (exact) mass is 273 g/mol. The predicted octanol–water partition coefficient (Wildman–Crippen LogP) is 3.38. The molecule has 0 saturated heterocycles. The van der Waals surface area contributed by atoms with Gasteiger partial charge >= 0.3 is 0 Å². The van der Waals surface area contributed by atoms with Crippen molar-refractivity contribution < 1.29 is 14.2 Å². The lowest BCUT2D eigenvalue weighted by Crippen LogP contribution is -2.03. The van der Waals surface area contributed by atoms with E-state index in [4.69, 9.17) is 9.84 Å². The van der Waals surface area contributed by atoms with Crippen molar-refractivity contribution in [2.24, 2.45) is 0 Å². The third kappa shape index (κ3) is 2.51. The zero-order valence-electron chi connectivity index (χ0n) is 11.1. The summed E-state index contributed by atoms with van der Waals surface area (Å²) in [7, 11) is 0. The average Bonchev–Trinajstić information content (AvgIpc) is 2.49. The van der Waals surface area contributed by atoms with Crippen LogP contribution in [0.2, 0.25) is 0 Å². The number of hydrogen-bond donors (Lipinski definition) is 1. The van der Waals surface area contributed by atoms with E-state index in [1.807, 2.05) is 18.2 Å². The number of benzene rings is 1. The zero-order chi connectivity index (χ0) is 13.9. The second kappa shape index (κ2) is 5.59. The van der Waals surface area contributed by atoms with Gasteiger partial charge in [-0.25, -0.2) is 9.37 Å². The van der Waals surface area contributed by atoms with Gasteiger partial charge in [0.05, 0.1) is 6.61 Å². The first kappa shape index (κ1) is 13.1. The average molecular weight is 273 g/mol. The molecule has 0 spiro atoms. The smallest absolute Gasteiger partial charge is 0.256 e. The number of ether oxygens (including phenoxy) is 1. The second-order valence-corrected chi connectivity index (χ2v) is 4.99. The molecule has 20 heavy (non-hydrogen) atoms. The fourth-order valence-electron chi connectivity index (χ4n) is 2.54. The highest BCUT2D eigenvalue weighted by Gasteiger charge is 2.13. The maximum absolute atomic E-state index is 14.0. The third-order valence-corrected chi connectivity index (χ3v) is 3.64. The summed E-state index contributed by atoms with van der Waals surface area (Å²) >= 11 is 0. The number of hydrogen-bond acceptors (Lipinski definition) is 3. The summed E-state index contributed by atoms with van der Waals surface area (Å²) in [5.41, 5.74) is 2.81. The number of halogens is 1. The Kier molecular flexibility index (Phi) is 3.65. The van der Waals surface area contributed by atoms with E-state index in [9.17, 15) is 4.39 Å². The molecular formula is C16H16FNO2. The normalized spacial score (nSPS) is 13.9. The Labute approximate surface area is 117 Å². The molecule has 0 unspecified atom stereocenters. The van der Waals surface area contributed by atoms with Crippen LogP contribution in [0.25, 0.3) is 0 Å². The van der Waals surface area contributed by atoms with Crippen molar-refractivity contribution in [1.29, 1.82) is 0 Å². The number of aromatic nitrogens is 1. The van der Waals surface area contributed by atoms with Gasteiger partial charge in [0, 0.05) is 11.8 Å². The van der Waals surface area contributed by atoms with Gasteiger partial charge in [-0.1, -0.05) is 6.07 Å². The van der Waals surface area contributed by atoms with Crippen LogP contribution in [0.3, 0.4) is 0 Å². The van der Waals surface area contributed by atoms with Gasteiger partial charge in [0.2, 0.25) is 0 Å². The molecule has 1 aliphatic carbocycles. The van der Waals surface area contributed by atoms with Crippen molar-refractivity contribution in [3.8, 4) is 11.6 Å². The molecule has 1 aromatic heterocycles. The SMILES string of the molecule is OCc1ccnc(Oc2ccc3c(c2)CCCC3)c1F. The van der Waals surface area contributed by atoms with E-state index in [2.05, 4.69) is 4.98 Å². The minimum atomic E-state index is -0.604. The van der Waals surface area contributed by atoms with Gasteiger partial charge in [0.1, 0.15) is 5.75 Å². The van der Waals surface area contributed by atoms with E-state index < -0.39 is 5.82 Å². The molecule has 0 fully saturated rings. The molecule has 0 atom stereocenters. The second-order valence-electron chi connectivity index (χ2n) is 4.99. The molecule has 2 aromatic rings. The molecule has 1 aromatic carbocycles. The van der Waals surface area contributed by atoms with Gasteiger partial charge in [-0.2, -0.15) is 0 Å². The summed E-state index contributed by atoms with van der Waals surface area (Å²) in [4.78, 5) is 3.89. The van der Waals surface area contributed by atoms with Gasteiger partial charge < -0.3 is 9.84 Å². The molecule has 104 valence electrons. The van der Waals surface area contributed by atoms with E-state index in [1.54, 1.807) is 0 Å². The predicted molar refractivity (Wildman–Crippen MR) is 73.3 cm³/mol. The van der Waals surface area contributed by atoms with Crippen LogP contribution in [0.5, 0.6) is 11.6 Å². The molecule has 3 rings (SSSR count). The third-order valence-electron chi connectivity index (χ3n) is 3.64. The molecule has 0 saturated carbocycles. The van der Waals surface area contributed by atoms with Crippen LogP contribution in [-0.2, 0) is 19.4 Å². The first-order chi connectivity index (χ1) is 9.78. The fraction of sp³-hybridized carbons (Fsp3) is 0.312. The first-order valence-corrected chi connectivity index (χ1v) is 6.82. The Morgan fingerprint density at radius 1 is 1.15 bits per heavy atom. The van der Waals surface area contributed by atoms with Gasteiger partial charge in [-0.3, -0.25) is 0 Å². The van der Waals surface area contributed by atoms with Crippen LogP contribution < -0.4 is 4.74 Å². The topological polar surface area (TPSA) is 42.4 Å². The molecule has 4 heteroatoms. The summed E-state index contributed by atoms with van der Waals surface area (Å²) in [6.45, 7) is -0.366. The summed E-state index contributed by atoms with van der Waals surface area (Å²) in [5.74, 6) is -0.104. The molecule has 1 N–H and O–H groups in total. The molecule has 0 bridgehead atoms. The van der Waals surface area contributed by atoms with Crippen LogP contribution >= 0.6 is 0 Å². The van der Waals surface area contributed by atoms with E-state index >= 15 is 0 Å². The number of rotatable bonds is 3. The number of nitrogens with zero attached hydrogens (tertiary/aromatic N) is 1. The Hall–Kier alpha value is -1.94. The Morgan fingerprint density at radius 3 is 2.75 bits per heavy atom. The van der Waals surface area contributed by atoms with E-state index in [-0.39, 0.29) is 18.1 Å². The number of aryl methyl sites for hydroxylation is 2. The highest BCUT2D eigenvalue weighted by molar-refractivity contribution is 5.39. The van der Waals surface area contributed by atoms with E-state index in [1.165, 1.54) is 36.2 Å².